The van der Waals surface area contributed by atoms with E-state index < -0.39 is 0 Å². The normalized spacial score (nSPS) is 14.8. The fourth-order valence-corrected chi connectivity index (χ4v) is 10.9. The lowest BCUT2D eigenvalue weighted by atomic mass is 10.1. The highest BCUT2D eigenvalue weighted by molar-refractivity contribution is 8.39. The van der Waals surface area contributed by atoms with Gasteiger partial charge in [-0.3, -0.25) is 0 Å². The van der Waals surface area contributed by atoms with Crippen LogP contribution in [0.5, 0.6) is 0 Å². The molecule has 0 radical (unpaired) electrons. The number of nitrogens with zero attached hydrogens (tertiary/aromatic N) is 4. The molecule has 0 saturated heterocycles. The molecule has 4 aromatic carbocycles. The van der Waals surface area contributed by atoms with Crippen molar-refractivity contribution in [3.63, 3.8) is 0 Å². The number of hydrogen-bond donors (Lipinski definition) is 0. The minimum absolute atomic E-state index is 1.21. The van der Waals surface area contributed by atoms with Gasteiger partial charge in [-0.15, -0.1) is 0 Å². The summed E-state index contributed by atoms with van der Waals surface area (Å²) in [7, 11) is 16.7. The smallest absolute Gasteiger partial charge is 0.0707 e. The molecule has 0 saturated carbocycles. The minimum Gasteiger partial charge on any atom is -0.378 e. The predicted octanol–water partition coefficient (Wildman–Crippen LogP) is 10.4. The molecule has 6 rings (SSSR count). The van der Waals surface area contributed by atoms with Gasteiger partial charge < -0.3 is 19.6 Å². The van der Waals surface area contributed by atoms with E-state index in [0.717, 1.165) is 0 Å². The Labute approximate surface area is 291 Å². The van der Waals surface area contributed by atoms with Crippen molar-refractivity contribution in [3.05, 3.63) is 128 Å². The van der Waals surface area contributed by atoms with Crippen molar-refractivity contribution in [1.82, 2.24) is 0 Å². The zero-order chi connectivity index (χ0) is 32.5. The number of rotatable bonds is 8. The lowest BCUT2D eigenvalue weighted by molar-refractivity contribution is 1.13. The largest absolute Gasteiger partial charge is 0.378 e. The molecule has 8 heteroatoms. The summed E-state index contributed by atoms with van der Waals surface area (Å²) in [6, 6.07) is 35.9. The van der Waals surface area contributed by atoms with Crippen LogP contribution in [0.3, 0.4) is 0 Å². The first kappa shape index (κ1) is 32.6. The van der Waals surface area contributed by atoms with Gasteiger partial charge in [0.05, 0.1) is 8.47 Å². The molecule has 0 atom stereocenters. The van der Waals surface area contributed by atoms with Gasteiger partial charge >= 0.3 is 0 Å². The van der Waals surface area contributed by atoms with Crippen LogP contribution < -0.4 is 19.6 Å². The van der Waals surface area contributed by atoms with E-state index in [1.807, 2.05) is 47.0 Å². The third-order valence-corrected chi connectivity index (χ3v) is 13.9. The minimum atomic E-state index is 1.21. The van der Waals surface area contributed by atoms with Gasteiger partial charge in [0.15, 0.2) is 0 Å². The second-order valence-electron chi connectivity index (χ2n) is 12.1. The zero-order valence-electron chi connectivity index (χ0n) is 27.7. The van der Waals surface area contributed by atoms with Crippen molar-refractivity contribution in [1.29, 1.82) is 0 Å². The SMILES string of the molecule is CN(C)c1ccc(C2=C(c3ccc(N(C)C)cc3)SC(=C3SC(c4ccc(N(C)C)cc4)=C(c4ccc(N(C)C)cc4)S3)S2)cc1. The summed E-state index contributed by atoms with van der Waals surface area (Å²) in [5.74, 6) is 0. The molecule has 236 valence electrons. The fourth-order valence-electron chi connectivity index (χ4n) is 5.17. The Morgan fingerprint density at radius 1 is 0.283 bits per heavy atom. The Hall–Kier alpha value is -3.30. The van der Waals surface area contributed by atoms with Gasteiger partial charge in [0.25, 0.3) is 0 Å². The molecule has 2 aliphatic rings. The van der Waals surface area contributed by atoms with Crippen molar-refractivity contribution >= 4 is 89.4 Å². The van der Waals surface area contributed by atoms with Crippen molar-refractivity contribution in [2.45, 2.75) is 0 Å². The highest BCUT2D eigenvalue weighted by Gasteiger charge is 2.32. The Morgan fingerprint density at radius 3 is 0.609 bits per heavy atom. The zero-order valence-corrected chi connectivity index (χ0v) is 30.9. The maximum Gasteiger partial charge on any atom is 0.0707 e. The van der Waals surface area contributed by atoms with Crippen LogP contribution >= 0.6 is 47.0 Å². The average Bonchev–Trinajstić information content (AvgIpc) is 3.71. The highest BCUT2D eigenvalue weighted by atomic mass is 32.2. The molecule has 0 unspecified atom stereocenters. The Morgan fingerprint density at radius 2 is 0.457 bits per heavy atom. The van der Waals surface area contributed by atoms with E-state index in [-0.39, 0.29) is 0 Å². The summed E-state index contributed by atoms with van der Waals surface area (Å²) >= 11 is 7.65. The first-order chi connectivity index (χ1) is 22.1. The number of anilines is 4. The van der Waals surface area contributed by atoms with Crippen LogP contribution in [0.4, 0.5) is 22.7 Å². The summed E-state index contributed by atoms with van der Waals surface area (Å²) in [5.41, 5.74) is 9.84. The van der Waals surface area contributed by atoms with E-state index in [2.05, 4.69) is 173 Å². The lowest BCUT2D eigenvalue weighted by Gasteiger charge is -2.14. The topological polar surface area (TPSA) is 13.0 Å². The van der Waals surface area contributed by atoms with Crippen LogP contribution in [0, 0.1) is 0 Å². The van der Waals surface area contributed by atoms with Crippen molar-refractivity contribution in [2.24, 2.45) is 0 Å². The van der Waals surface area contributed by atoms with E-state index in [4.69, 9.17) is 0 Å². The molecule has 0 fully saturated rings. The monoisotopic (exact) mass is 680 g/mol. The molecule has 0 spiro atoms. The van der Waals surface area contributed by atoms with Crippen LogP contribution in [-0.2, 0) is 0 Å². The van der Waals surface area contributed by atoms with Gasteiger partial charge in [0.1, 0.15) is 0 Å². The van der Waals surface area contributed by atoms with Crippen LogP contribution in [0.15, 0.2) is 106 Å². The molecular weight excluding hydrogens is 641 g/mol. The Kier molecular flexibility index (Phi) is 9.80. The third kappa shape index (κ3) is 6.86. The second kappa shape index (κ2) is 13.8. The molecule has 0 amide bonds. The molecule has 4 nitrogen and oxygen atoms in total. The Bertz CT molecular complexity index is 1530. The van der Waals surface area contributed by atoms with Gasteiger partial charge in [-0.1, -0.05) is 95.6 Å². The maximum absolute atomic E-state index is 2.27. The molecule has 2 heterocycles. The summed E-state index contributed by atoms with van der Waals surface area (Å²) in [4.78, 5) is 13.9. The van der Waals surface area contributed by atoms with Crippen LogP contribution in [0.2, 0.25) is 0 Å². The second-order valence-corrected chi connectivity index (χ2v) is 16.7. The quantitative estimate of drug-likeness (QED) is 0.180. The Balaban J connectivity index is 1.40. The molecule has 2 aliphatic heterocycles. The summed E-state index contributed by atoms with van der Waals surface area (Å²) in [6.45, 7) is 0. The molecule has 46 heavy (non-hydrogen) atoms. The first-order valence-corrected chi connectivity index (χ1v) is 18.4. The molecule has 0 aliphatic carbocycles. The fraction of sp³-hybridized carbons (Fsp3) is 0.211. The maximum atomic E-state index is 2.27. The van der Waals surface area contributed by atoms with Gasteiger partial charge in [0.2, 0.25) is 0 Å². The standard InChI is InChI=1S/C38H40N4S4/c1-39(2)29-17-9-25(10-18-29)33-34(26-11-19-30(20-12-26)40(3)4)44-37(43-33)38-45-35(27-13-21-31(22-14-27)41(5)6)36(46-38)28-15-23-32(24-16-28)42(7)8/h9-24H,1-8H3. The van der Waals surface area contributed by atoms with Crippen LogP contribution in [0.25, 0.3) is 19.6 Å². The lowest BCUT2D eigenvalue weighted by Crippen LogP contribution is -2.08. The van der Waals surface area contributed by atoms with E-state index in [9.17, 15) is 0 Å². The van der Waals surface area contributed by atoms with Gasteiger partial charge in [0, 0.05) is 98.8 Å². The van der Waals surface area contributed by atoms with Crippen molar-refractivity contribution < 1.29 is 0 Å². The van der Waals surface area contributed by atoms with Crippen molar-refractivity contribution in [2.75, 3.05) is 76.0 Å². The molecular formula is C38H40N4S4. The highest BCUT2D eigenvalue weighted by Crippen LogP contribution is 2.66. The van der Waals surface area contributed by atoms with E-state index in [1.54, 1.807) is 0 Å². The molecule has 0 bridgehead atoms. The van der Waals surface area contributed by atoms with E-state index in [0.29, 0.717) is 0 Å². The van der Waals surface area contributed by atoms with E-state index >= 15 is 0 Å². The summed E-state index contributed by atoms with van der Waals surface area (Å²) in [5, 5.41) is 0. The predicted molar refractivity (Wildman–Crippen MR) is 214 cm³/mol. The number of hydrogen-bond acceptors (Lipinski definition) is 8. The number of thioether (sulfide) groups is 4. The van der Waals surface area contributed by atoms with Gasteiger partial charge in [-0.05, 0) is 70.8 Å². The van der Waals surface area contributed by atoms with Crippen LogP contribution in [-0.4, -0.2) is 56.4 Å². The summed E-state index contributed by atoms with van der Waals surface area (Å²) < 4.78 is 2.69. The molecule has 0 aromatic heterocycles. The van der Waals surface area contributed by atoms with E-state index in [1.165, 1.54) is 73.1 Å². The van der Waals surface area contributed by atoms with Gasteiger partial charge in [-0.2, -0.15) is 0 Å². The number of benzene rings is 4. The average molecular weight is 681 g/mol. The third-order valence-electron chi connectivity index (χ3n) is 7.94. The molecule has 4 aromatic rings. The van der Waals surface area contributed by atoms with Crippen molar-refractivity contribution in [3.8, 4) is 0 Å². The summed E-state index contributed by atoms with van der Waals surface area (Å²) in [6.07, 6.45) is 0. The van der Waals surface area contributed by atoms with Gasteiger partial charge in [-0.25, -0.2) is 0 Å². The first-order valence-electron chi connectivity index (χ1n) is 15.1. The van der Waals surface area contributed by atoms with Crippen LogP contribution in [0.1, 0.15) is 22.3 Å². The molecule has 0 N–H and O–H groups in total.